The van der Waals surface area contributed by atoms with E-state index < -0.39 is 17.0 Å². The number of benzene rings is 2. The number of hydrogen-bond donors (Lipinski definition) is 0. The molecule has 0 radical (unpaired) electrons. The molecule has 0 aromatic heterocycles. The minimum atomic E-state index is -0.645. The summed E-state index contributed by atoms with van der Waals surface area (Å²) in [7, 11) is 1.47. The quantitative estimate of drug-likeness (QED) is 0.295. The molecule has 0 fully saturated rings. The monoisotopic (exact) mass is 382 g/mol. The molecule has 0 spiro atoms. The molecule has 0 unspecified atom stereocenters. The second kappa shape index (κ2) is 9.73. The number of rotatable bonds is 8. The number of esters is 1. The lowest BCUT2D eigenvalue weighted by Gasteiger charge is -2.12. The van der Waals surface area contributed by atoms with Gasteiger partial charge in [0.05, 0.1) is 12.0 Å². The minimum Gasteiger partial charge on any atom is -0.493 e. The zero-order chi connectivity index (χ0) is 20.5. The molecule has 0 aliphatic rings. The number of ether oxygens (including phenoxy) is 3. The van der Waals surface area contributed by atoms with Crippen LogP contribution >= 0.6 is 0 Å². The largest absolute Gasteiger partial charge is 0.493 e. The van der Waals surface area contributed by atoms with Gasteiger partial charge in [-0.1, -0.05) is 18.2 Å². The average molecular weight is 382 g/mol. The Morgan fingerprint density at radius 3 is 2.75 bits per heavy atom. The molecule has 2 aromatic carbocycles. The van der Waals surface area contributed by atoms with E-state index in [1.54, 1.807) is 37.3 Å². The molecular weight excluding hydrogens is 364 g/mol. The summed E-state index contributed by atoms with van der Waals surface area (Å²) in [5.41, 5.74) is 1.12. The van der Waals surface area contributed by atoms with E-state index in [4.69, 9.17) is 19.5 Å². The molecule has 2 rings (SSSR count). The molecule has 0 amide bonds. The fourth-order valence-electron chi connectivity index (χ4n) is 2.35. The van der Waals surface area contributed by atoms with Crippen LogP contribution in [0, 0.1) is 21.4 Å². The van der Waals surface area contributed by atoms with Crippen LogP contribution in [0.4, 0.5) is 5.69 Å². The molecular formula is C20H18N2O6. The molecule has 0 aliphatic carbocycles. The van der Waals surface area contributed by atoms with Gasteiger partial charge in [0.25, 0.3) is 5.69 Å². The molecule has 0 N–H and O–H groups in total. The van der Waals surface area contributed by atoms with Crippen molar-refractivity contribution in [2.75, 3.05) is 13.7 Å². The Bertz CT molecular complexity index is 933. The zero-order valence-corrected chi connectivity index (χ0v) is 15.3. The van der Waals surface area contributed by atoms with Gasteiger partial charge in [-0.05, 0) is 36.3 Å². The van der Waals surface area contributed by atoms with Gasteiger partial charge in [-0.2, -0.15) is 5.26 Å². The molecule has 1 atom stereocenters. The third kappa shape index (κ3) is 5.57. The lowest BCUT2D eigenvalue weighted by Crippen LogP contribution is -2.06. The van der Waals surface area contributed by atoms with E-state index in [2.05, 4.69) is 0 Å². The number of nitro benzene ring substituents is 1. The number of nitriles is 1. The van der Waals surface area contributed by atoms with Crippen LogP contribution in [0.3, 0.4) is 0 Å². The van der Waals surface area contributed by atoms with Crippen molar-refractivity contribution in [1.29, 1.82) is 5.26 Å². The van der Waals surface area contributed by atoms with Gasteiger partial charge in [0, 0.05) is 18.2 Å². The van der Waals surface area contributed by atoms with Crippen LogP contribution in [0.2, 0.25) is 0 Å². The maximum Gasteiger partial charge on any atom is 0.331 e. The molecule has 0 saturated heterocycles. The highest BCUT2D eigenvalue weighted by atomic mass is 16.6. The fraction of sp³-hybridized carbons (Fsp3) is 0.200. The van der Waals surface area contributed by atoms with Crippen LogP contribution in [0.15, 0.2) is 48.5 Å². The number of nitrogens with zero attached hydrogens (tertiary/aromatic N) is 2. The van der Waals surface area contributed by atoms with Crippen molar-refractivity contribution in [1.82, 2.24) is 0 Å². The van der Waals surface area contributed by atoms with Crippen molar-refractivity contribution in [3.8, 4) is 17.6 Å². The number of carbonyl (C=O) groups is 1. The van der Waals surface area contributed by atoms with Gasteiger partial charge in [0.2, 0.25) is 0 Å². The third-order valence-electron chi connectivity index (χ3n) is 3.74. The van der Waals surface area contributed by atoms with E-state index in [1.807, 2.05) is 6.07 Å². The Morgan fingerprint density at radius 1 is 1.29 bits per heavy atom. The van der Waals surface area contributed by atoms with Gasteiger partial charge in [-0.3, -0.25) is 10.1 Å². The van der Waals surface area contributed by atoms with E-state index in [1.165, 1.54) is 31.4 Å². The molecule has 144 valence electrons. The topological polar surface area (TPSA) is 112 Å². The second-order valence-corrected chi connectivity index (χ2v) is 5.62. The Labute approximate surface area is 161 Å². The number of hydrogen-bond acceptors (Lipinski definition) is 7. The maximum absolute atomic E-state index is 12.0. The highest BCUT2D eigenvalue weighted by Gasteiger charge is 2.14. The molecule has 28 heavy (non-hydrogen) atoms. The predicted octanol–water partition coefficient (Wildman–Crippen LogP) is 3.82. The summed E-state index contributed by atoms with van der Waals surface area (Å²) in [6.45, 7) is 1.53. The van der Waals surface area contributed by atoms with Crippen LogP contribution < -0.4 is 9.47 Å². The normalized spacial score (nSPS) is 11.5. The molecule has 0 heterocycles. The molecule has 2 aromatic rings. The second-order valence-electron chi connectivity index (χ2n) is 5.62. The van der Waals surface area contributed by atoms with E-state index in [-0.39, 0.29) is 12.3 Å². The standard InChI is InChI=1S/C20H18N2O6/c1-14(16-4-3-5-17(13-16)22(24)25)28-20(23)9-7-15-6-8-18(27-11-10-21)19(12-15)26-2/h3-9,12-14H,11H2,1-2H3/b9-7+/t14-/m1/s1. The van der Waals surface area contributed by atoms with E-state index in [9.17, 15) is 14.9 Å². The third-order valence-corrected chi connectivity index (χ3v) is 3.74. The fourth-order valence-corrected chi connectivity index (χ4v) is 2.35. The summed E-state index contributed by atoms with van der Waals surface area (Å²) < 4.78 is 15.7. The maximum atomic E-state index is 12.0. The van der Waals surface area contributed by atoms with Crippen LogP contribution in [0.25, 0.3) is 6.08 Å². The summed E-state index contributed by atoms with van der Waals surface area (Å²) in [6, 6.07) is 12.8. The summed E-state index contributed by atoms with van der Waals surface area (Å²) in [5, 5.41) is 19.4. The van der Waals surface area contributed by atoms with Crippen LogP contribution in [-0.2, 0) is 9.53 Å². The van der Waals surface area contributed by atoms with Crippen molar-refractivity contribution in [3.63, 3.8) is 0 Å². The van der Waals surface area contributed by atoms with Crippen molar-refractivity contribution in [2.45, 2.75) is 13.0 Å². The van der Waals surface area contributed by atoms with Crippen molar-refractivity contribution < 1.29 is 23.9 Å². The summed E-state index contributed by atoms with van der Waals surface area (Å²) in [6.07, 6.45) is 2.14. The van der Waals surface area contributed by atoms with E-state index in [0.29, 0.717) is 22.6 Å². The van der Waals surface area contributed by atoms with Gasteiger partial charge in [-0.25, -0.2) is 4.79 Å². The molecule has 0 bridgehead atoms. The van der Waals surface area contributed by atoms with E-state index in [0.717, 1.165) is 0 Å². The Morgan fingerprint density at radius 2 is 2.07 bits per heavy atom. The first kappa shape index (κ1) is 20.5. The SMILES string of the molecule is COc1cc(/C=C/C(=O)O[C@H](C)c2cccc([N+](=O)[O-])c2)ccc1OCC#N. The van der Waals surface area contributed by atoms with Crippen LogP contribution in [-0.4, -0.2) is 24.6 Å². The Balaban J connectivity index is 2.04. The first-order chi connectivity index (χ1) is 13.4. The molecule has 0 saturated carbocycles. The highest BCUT2D eigenvalue weighted by molar-refractivity contribution is 5.87. The Hall–Kier alpha value is -3.86. The number of carbonyl (C=O) groups excluding carboxylic acids is 1. The molecule has 0 aliphatic heterocycles. The summed E-state index contributed by atoms with van der Waals surface area (Å²) in [5.74, 6) is 0.251. The Kier molecular flexibility index (Phi) is 7.11. The van der Waals surface area contributed by atoms with Gasteiger partial charge in [0.15, 0.2) is 18.1 Å². The number of non-ortho nitro benzene ring substituents is 1. The van der Waals surface area contributed by atoms with Gasteiger partial charge in [-0.15, -0.1) is 0 Å². The summed E-state index contributed by atoms with van der Waals surface area (Å²) >= 11 is 0. The first-order valence-corrected chi connectivity index (χ1v) is 8.25. The number of nitro groups is 1. The zero-order valence-electron chi connectivity index (χ0n) is 15.3. The number of methoxy groups -OCH3 is 1. The van der Waals surface area contributed by atoms with Crippen molar-refractivity contribution in [2.24, 2.45) is 0 Å². The molecule has 8 heteroatoms. The lowest BCUT2D eigenvalue weighted by molar-refractivity contribution is -0.385. The van der Waals surface area contributed by atoms with E-state index >= 15 is 0 Å². The average Bonchev–Trinajstić information content (AvgIpc) is 2.70. The van der Waals surface area contributed by atoms with Gasteiger partial charge < -0.3 is 14.2 Å². The van der Waals surface area contributed by atoms with Crippen molar-refractivity contribution >= 4 is 17.7 Å². The molecule has 8 nitrogen and oxygen atoms in total. The summed E-state index contributed by atoms with van der Waals surface area (Å²) in [4.78, 5) is 22.4. The van der Waals surface area contributed by atoms with Crippen LogP contribution in [0.1, 0.15) is 24.2 Å². The highest BCUT2D eigenvalue weighted by Crippen LogP contribution is 2.28. The first-order valence-electron chi connectivity index (χ1n) is 8.25. The smallest absolute Gasteiger partial charge is 0.331 e. The lowest BCUT2D eigenvalue weighted by atomic mass is 10.1. The van der Waals surface area contributed by atoms with Crippen LogP contribution in [0.5, 0.6) is 11.5 Å². The van der Waals surface area contributed by atoms with Gasteiger partial charge in [0.1, 0.15) is 12.2 Å². The minimum absolute atomic E-state index is 0.0678. The van der Waals surface area contributed by atoms with Crippen molar-refractivity contribution in [3.05, 3.63) is 69.8 Å². The predicted molar refractivity (Wildman–Crippen MR) is 101 cm³/mol. The van der Waals surface area contributed by atoms with Gasteiger partial charge >= 0.3 is 5.97 Å².